The molecule has 3 rings (SSSR count). The van der Waals surface area contributed by atoms with E-state index in [4.69, 9.17) is 11.6 Å². The molecule has 0 radical (unpaired) electrons. The van der Waals surface area contributed by atoms with Crippen LogP contribution >= 0.6 is 11.6 Å². The molecule has 0 saturated heterocycles. The number of carbonyl (C=O) groups excluding carboxylic acids is 2. The molecule has 0 unspecified atom stereocenters. The Morgan fingerprint density at radius 3 is 2.21 bits per heavy atom. The van der Waals surface area contributed by atoms with E-state index in [9.17, 15) is 9.59 Å². The Labute approximate surface area is 178 Å². The van der Waals surface area contributed by atoms with Crippen molar-refractivity contribution in [1.29, 1.82) is 0 Å². The van der Waals surface area contributed by atoms with Gasteiger partial charge in [-0.05, 0) is 69.6 Å². The van der Waals surface area contributed by atoms with Crippen LogP contribution in [0.3, 0.4) is 0 Å². The van der Waals surface area contributed by atoms with Crippen molar-refractivity contribution in [3.8, 4) is 0 Å². The van der Waals surface area contributed by atoms with Crippen LogP contribution in [0.15, 0.2) is 54.6 Å². The van der Waals surface area contributed by atoms with Crippen molar-refractivity contribution >= 4 is 23.3 Å². The first-order valence-electron chi connectivity index (χ1n) is 10.2. The van der Waals surface area contributed by atoms with Crippen molar-refractivity contribution in [1.82, 2.24) is 10.2 Å². The van der Waals surface area contributed by atoms with Crippen LogP contribution in [-0.2, 0) is 10.3 Å². The van der Waals surface area contributed by atoms with Crippen molar-refractivity contribution in [3.05, 3.63) is 70.7 Å². The van der Waals surface area contributed by atoms with E-state index in [0.717, 1.165) is 25.7 Å². The molecule has 1 fully saturated rings. The topological polar surface area (TPSA) is 49.4 Å². The minimum absolute atomic E-state index is 0.0209. The fourth-order valence-corrected chi connectivity index (χ4v) is 4.42. The quantitative estimate of drug-likeness (QED) is 0.663. The largest absolute Gasteiger partial charge is 0.353 e. The summed E-state index contributed by atoms with van der Waals surface area (Å²) < 4.78 is 0. The maximum atomic E-state index is 12.4. The number of nitrogens with one attached hydrogen (secondary N) is 1. The Bertz CT molecular complexity index is 826. The molecule has 2 aromatic rings. The zero-order chi connectivity index (χ0) is 20.9. The van der Waals surface area contributed by atoms with Crippen molar-refractivity contribution in [3.63, 3.8) is 0 Å². The number of benzene rings is 2. The molecule has 2 aromatic carbocycles. The molecule has 1 amide bonds. The number of nitrogens with zero attached hydrogens (tertiary/aromatic N) is 1. The van der Waals surface area contributed by atoms with Gasteiger partial charge in [-0.3, -0.25) is 14.5 Å². The van der Waals surface area contributed by atoms with Crippen LogP contribution in [0.5, 0.6) is 0 Å². The van der Waals surface area contributed by atoms with Gasteiger partial charge < -0.3 is 5.32 Å². The number of Topliss-reactive ketones (excluding diaryl/α,β-unsaturated/α-hetero) is 1. The Hall–Kier alpha value is -2.17. The SMILES string of the molecule is CN(C)C1(c2ccccc2)CCC(NC(=O)CCC(=O)c2ccc(Cl)cc2)CC1. The lowest BCUT2D eigenvalue weighted by Crippen LogP contribution is -2.48. The number of halogens is 1. The van der Waals surface area contributed by atoms with E-state index in [1.807, 2.05) is 6.07 Å². The van der Waals surface area contributed by atoms with E-state index in [-0.39, 0.29) is 36.1 Å². The van der Waals surface area contributed by atoms with Gasteiger partial charge in [0.15, 0.2) is 5.78 Å². The zero-order valence-corrected chi connectivity index (χ0v) is 17.9. The molecule has 4 nitrogen and oxygen atoms in total. The van der Waals surface area contributed by atoms with E-state index in [1.165, 1.54) is 5.56 Å². The maximum Gasteiger partial charge on any atom is 0.220 e. The van der Waals surface area contributed by atoms with Crippen LogP contribution < -0.4 is 5.32 Å². The van der Waals surface area contributed by atoms with E-state index >= 15 is 0 Å². The third-order valence-electron chi connectivity index (χ3n) is 6.09. The summed E-state index contributed by atoms with van der Waals surface area (Å²) in [5, 5.41) is 3.73. The third-order valence-corrected chi connectivity index (χ3v) is 6.34. The van der Waals surface area contributed by atoms with Crippen LogP contribution in [-0.4, -0.2) is 36.7 Å². The lowest BCUT2D eigenvalue weighted by atomic mass is 9.74. The van der Waals surface area contributed by atoms with Gasteiger partial charge >= 0.3 is 0 Å². The first kappa shape index (κ1) is 21.5. The van der Waals surface area contributed by atoms with E-state index in [1.54, 1.807) is 24.3 Å². The second-order valence-corrected chi connectivity index (χ2v) is 8.50. The van der Waals surface area contributed by atoms with E-state index in [2.05, 4.69) is 48.6 Å². The minimum Gasteiger partial charge on any atom is -0.353 e. The second-order valence-electron chi connectivity index (χ2n) is 8.06. The van der Waals surface area contributed by atoms with Gasteiger partial charge in [-0.1, -0.05) is 41.9 Å². The highest BCUT2D eigenvalue weighted by atomic mass is 35.5. The number of hydrogen-bond donors (Lipinski definition) is 1. The fraction of sp³-hybridized carbons (Fsp3) is 0.417. The predicted octanol–water partition coefficient (Wildman–Crippen LogP) is 4.82. The number of rotatable bonds is 7. The van der Waals surface area contributed by atoms with Gasteiger partial charge in [-0.2, -0.15) is 0 Å². The molecule has 0 aliphatic heterocycles. The molecule has 154 valence electrons. The molecular weight excluding hydrogens is 384 g/mol. The van der Waals surface area contributed by atoms with E-state index < -0.39 is 0 Å². The van der Waals surface area contributed by atoms with Crippen molar-refractivity contribution < 1.29 is 9.59 Å². The Morgan fingerprint density at radius 2 is 1.62 bits per heavy atom. The highest BCUT2D eigenvalue weighted by Gasteiger charge is 2.38. The summed E-state index contributed by atoms with van der Waals surface area (Å²) in [7, 11) is 4.27. The number of hydrogen-bond acceptors (Lipinski definition) is 3. The highest BCUT2D eigenvalue weighted by molar-refractivity contribution is 6.30. The maximum absolute atomic E-state index is 12.4. The first-order valence-corrected chi connectivity index (χ1v) is 10.6. The standard InChI is InChI=1S/C24H29ClN2O2/c1-27(2)24(19-6-4-3-5-7-19)16-14-21(15-17-24)26-23(29)13-12-22(28)18-8-10-20(25)11-9-18/h3-11,21H,12-17H2,1-2H3,(H,26,29). The first-order chi connectivity index (χ1) is 13.9. The smallest absolute Gasteiger partial charge is 0.220 e. The summed E-state index contributed by atoms with van der Waals surface area (Å²) in [6.45, 7) is 0. The molecule has 0 bridgehead atoms. The number of carbonyl (C=O) groups is 2. The molecule has 0 heterocycles. The Balaban J connectivity index is 1.50. The molecule has 1 aliphatic rings. The molecule has 5 heteroatoms. The number of amides is 1. The van der Waals surface area contributed by atoms with Crippen molar-refractivity contribution in [2.24, 2.45) is 0 Å². The fourth-order valence-electron chi connectivity index (χ4n) is 4.29. The molecule has 0 aromatic heterocycles. The second kappa shape index (κ2) is 9.55. The van der Waals surface area contributed by atoms with Crippen LogP contribution in [0.4, 0.5) is 0 Å². The Morgan fingerprint density at radius 1 is 1.00 bits per heavy atom. The minimum atomic E-state index is -0.0469. The third kappa shape index (κ3) is 5.26. The van der Waals surface area contributed by atoms with Gasteiger partial charge in [-0.15, -0.1) is 0 Å². The van der Waals surface area contributed by atoms with Gasteiger partial charge in [0.05, 0.1) is 0 Å². The average molecular weight is 413 g/mol. The lowest BCUT2D eigenvalue weighted by Gasteiger charge is -2.45. The molecular formula is C24H29ClN2O2. The molecule has 0 atom stereocenters. The van der Waals surface area contributed by atoms with Crippen LogP contribution in [0, 0.1) is 0 Å². The zero-order valence-electron chi connectivity index (χ0n) is 17.2. The molecule has 29 heavy (non-hydrogen) atoms. The lowest BCUT2D eigenvalue weighted by molar-refractivity contribution is -0.122. The highest BCUT2D eigenvalue weighted by Crippen LogP contribution is 2.41. The molecule has 1 aliphatic carbocycles. The van der Waals surface area contributed by atoms with Crippen LogP contribution in [0.25, 0.3) is 0 Å². The van der Waals surface area contributed by atoms with Crippen LogP contribution in [0.2, 0.25) is 5.02 Å². The normalized spacial score (nSPS) is 21.7. The van der Waals surface area contributed by atoms with Gasteiger partial charge in [0.2, 0.25) is 5.91 Å². The van der Waals surface area contributed by atoms with Crippen LogP contribution in [0.1, 0.15) is 54.4 Å². The molecule has 0 spiro atoms. The molecule has 1 saturated carbocycles. The predicted molar refractivity (Wildman–Crippen MR) is 117 cm³/mol. The summed E-state index contributed by atoms with van der Waals surface area (Å²) in [5.41, 5.74) is 1.95. The summed E-state index contributed by atoms with van der Waals surface area (Å²) in [5.74, 6) is -0.0782. The van der Waals surface area contributed by atoms with Gasteiger partial charge in [-0.25, -0.2) is 0 Å². The number of ketones is 1. The summed E-state index contributed by atoms with van der Waals surface area (Å²) in [6.07, 6.45) is 4.30. The summed E-state index contributed by atoms with van der Waals surface area (Å²) in [4.78, 5) is 26.9. The summed E-state index contributed by atoms with van der Waals surface area (Å²) >= 11 is 5.85. The monoisotopic (exact) mass is 412 g/mol. The van der Waals surface area contributed by atoms with Crippen molar-refractivity contribution in [2.75, 3.05) is 14.1 Å². The van der Waals surface area contributed by atoms with E-state index in [0.29, 0.717) is 10.6 Å². The van der Waals surface area contributed by atoms with Crippen molar-refractivity contribution in [2.45, 2.75) is 50.1 Å². The van der Waals surface area contributed by atoms with Gasteiger partial charge in [0, 0.05) is 35.0 Å². The summed E-state index contributed by atoms with van der Waals surface area (Å²) in [6, 6.07) is 17.6. The van der Waals surface area contributed by atoms with Gasteiger partial charge in [0.25, 0.3) is 0 Å². The van der Waals surface area contributed by atoms with Gasteiger partial charge in [0.1, 0.15) is 0 Å². The molecule has 1 N–H and O–H groups in total. The average Bonchev–Trinajstić information content (AvgIpc) is 2.73. The Kier molecular flexibility index (Phi) is 7.09.